The number of amides is 1. The lowest BCUT2D eigenvalue weighted by Gasteiger charge is -2.36. The van der Waals surface area contributed by atoms with E-state index in [2.05, 4.69) is 28.7 Å². The monoisotopic (exact) mass is 354 g/mol. The number of piperazine rings is 1. The van der Waals surface area contributed by atoms with E-state index in [0.29, 0.717) is 19.5 Å². The van der Waals surface area contributed by atoms with Crippen LogP contribution in [0, 0.1) is 13.8 Å². The third-order valence-corrected chi connectivity index (χ3v) is 4.83. The van der Waals surface area contributed by atoms with Crippen LogP contribution < -0.4 is 9.64 Å². The van der Waals surface area contributed by atoms with Gasteiger partial charge in [-0.05, 0) is 49.6 Å². The molecule has 1 fully saturated rings. The number of nitrogens with zero attached hydrogens (tertiary/aromatic N) is 4. The Balaban J connectivity index is 1.60. The summed E-state index contributed by atoms with van der Waals surface area (Å²) in [5.41, 5.74) is 2.39. The van der Waals surface area contributed by atoms with Crippen molar-refractivity contribution in [1.82, 2.24) is 14.9 Å². The molecule has 0 radical (unpaired) electrons. The van der Waals surface area contributed by atoms with Gasteiger partial charge in [0, 0.05) is 38.6 Å². The number of ether oxygens (including phenoxy) is 1. The molecular formula is C20H26N4O2. The highest BCUT2D eigenvalue weighted by Crippen LogP contribution is 2.20. The molecule has 0 N–H and O–H groups in total. The second-order valence-corrected chi connectivity index (χ2v) is 6.62. The largest absolute Gasteiger partial charge is 0.481 e. The van der Waals surface area contributed by atoms with Gasteiger partial charge in [0.05, 0.1) is 0 Å². The maximum atomic E-state index is 12.9. The van der Waals surface area contributed by atoms with E-state index in [4.69, 9.17) is 4.74 Å². The summed E-state index contributed by atoms with van der Waals surface area (Å²) in [6.07, 6.45) is 3.68. The molecule has 1 aliphatic heterocycles. The third-order valence-electron chi connectivity index (χ3n) is 4.83. The highest BCUT2D eigenvalue weighted by Gasteiger charge is 2.28. The van der Waals surface area contributed by atoms with E-state index in [1.54, 1.807) is 18.5 Å². The highest BCUT2D eigenvalue weighted by atomic mass is 16.5. The number of anilines is 1. The Morgan fingerprint density at radius 2 is 1.81 bits per heavy atom. The van der Waals surface area contributed by atoms with E-state index >= 15 is 0 Å². The van der Waals surface area contributed by atoms with Crippen LogP contribution in [0.5, 0.6) is 5.75 Å². The fraction of sp³-hybridized carbons (Fsp3) is 0.450. The average molecular weight is 354 g/mol. The first-order chi connectivity index (χ1) is 12.6. The van der Waals surface area contributed by atoms with Crippen molar-refractivity contribution in [3.63, 3.8) is 0 Å². The Morgan fingerprint density at radius 3 is 2.42 bits per heavy atom. The fourth-order valence-electron chi connectivity index (χ4n) is 3.04. The van der Waals surface area contributed by atoms with Gasteiger partial charge in [-0.2, -0.15) is 0 Å². The summed E-state index contributed by atoms with van der Waals surface area (Å²) in [6.45, 7) is 8.88. The molecule has 1 aliphatic rings. The molecule has 3 rings (SSSR count). The van der Waals surface area contributed by atoms with Crippen LogP contribution in [-0.4, -0.2) is 53.1 Å². The maximum Gasteiger partial charge on any atom is 0.263 e. The van der Waals surface area contributed by atoms with E-state index in [9.17, 15) is 4.79 Å². The van der Waals surface area contributed by atoms with Crippen LogP contribution in [0.4, 0.5) is 5.95 Å². The van der Waals surface area contributed by atoms with E-state index in [1.165, 1.54) is 11.1 Å². The molecule has 1 atom stereocenters. The summed E-state index contributed by atoms with van der Waals surface area (Å²) in [7, 11) is 0. The number of hydrogen-bond acceptors (Lipinski definition) is 5. The maximum absolute atomic E-state index is 12.9. The zero-order valence-corrected chi connectivity index (χ0v) is 15.7. The predicted octanol–water partition coefficient (Wildman–Crippen LogP) is 2.60. The fourth-order valence-corrected chi connectivity index (χ4v) is 3.04. The quantitative estimate of drug-likeness (QED) is 0.826. The lowest BCUT2D eigenvalue weighted by Crippen LogP contribution is -2.52. The first-order valence-corrected chi connectivity index (χ1v) is 9.13. The molecule has 1 amide bonds. The number of benzene rings is 1. The van der Waals surface area contributed by atoms with Gasteiger partial charge in [-0.25, -0.2) is 9.97 Å². The Morgan fingerprint density at radius 1 is 1.12 bits per heavy atom. The molecule has 0 unspecified atom stereocenters. The summed E-state index contributed by atoms with van der Waals surface area (Å²) in [5.74, 6) is 1.53. The minimum Gasteiger partial charge on any atom is -0.481 e. The molecule has 0 aliphatic carbocycles. The van der Waals surface area contributed by atoms with Crippen LogP contribution >= 0.6 is 0 Å². The number of carbonyl (C=O) groups excluding carboxylic acids is 1. The van der Waals surface area contributed by atoms with Gasteiger partial charge in [0.15, 0.2) is 6.10 Å². The highest BCUT2D eigenvalue weighted by molar-refractivity contribution is 5.81. The van der Waals surface area contributed by atoms with Crippen LogP contribution in [0.15, 0.2) is 36.7 Å². The molecule has 6 heteroatoms. The first-order valence-electron chi connectivity index (χ1n) is 9.13. The van der Waals surface area contributed by atoms with E-state index in [1.807, 2.05) is 30.0 Å². The minimum absolute atomic E-state index is 0.0550. The lowest BCUT2D eigenvalue weighted by atomic mass is 10.1. The standard InChI is InChI=1S/C20H26N4O2/c1-4-18(26-17-7-6-15(2)16(3)14-17)19(25)23-10-12-24(13-11-23)20-21-8-5-9-22-20/h5-9,14,18H,4,10-13H2,1-3H3/t18-/m1/s1. The number of hydrogen-bond donors (Lipinski definition) is 0. The molecule has 0 spiro atoms. The normalized spacial score (nSPS) is 15.7. The topological polar surface area (TPSA) is 58.6 Å². The van der Waals surface area contributed by atoms with Gasteiger partial charge in [-0.3, -0.25) is 4.79 Å². The van der Waals surface area contributed by atoms with Gasteiger partial charge in [-0.15, -0.1) is 0 Å². The van der Waals surface area contributed by atoms with Crippen LogP contribution in [0.25, 0.3) is 0 Å². The zero-order chi connectivity index (χ0) is 18.5. The number of carbonyl (C=O) groups is 1. The molecule has 6 nitrogen and oxygen atoms in total. The van der Waals surface area contributed by atoms with Gasteiger partial charge in [0.1, 0.15) is 5.75 Å². The van der Waals surface area contributed by atoms with Crippen LogP contribution in [-0.2, 0) is 4.79 Å². The summed E-state index contributed by atoms with van der Waals surface area (Å²) in [6, 6.07) is 7.76. The zero-order valence-electron chi connectivity index (χ0n) is 15.7. The van der Waals surface area contributed by atoms with E-state index < -0.39 is 6.10 Å². The molecule has 138 valence electrons. The summed E-state index contributed by atoms with van der Waals surface area (Å²) in [5, 5.41) is 0. The Labute approximate surface area is 154 Å². The van der Waals surface area contributed by atoms with Crippen molar-refractivity contribution < 1.29 is 9.53 Å². The summed E-state index contributed by atoms with van der Waals surface area (Å²) < 4.78 is 6.00. The number of aryl methyl sites for hydroxylation is 2. The first kappa shape index (κ1) is 18.2. The molecule has 2 aromatic rings. The van der Waals surface area contributed by atoms with Crippen LogP contribution in [0.1, 0.15) is 24.5 Å². The number of aromatic nitrogens is 2. The molecule has 1 saturated heterocycles. The van der Waals surface area contributed by atoms with Crippen molar-refractivity contribution in [2.24, 2.45) is 0 Å². The van der Waals surface area contributed by atoms with E-state index in [0.717, 1.165) is 24.8 Å². The Hall–Kier alpha value is -2.63. The third kappa shape index (κ3) is 4.12. The van der Waals surface area contributed by atoms with Crippen molar-refractivity contribution in [1.29, 1.82) is 0 Å². The molecule has 26 heavy (non-hydrogen) atoms. The predicted molar refractivity (Wildman–Crippen MR) is 101 cm³/mol. The van der Waals surface area contributed by atoms with Crippen LogP contribution in [0.2, 0.25) is 0 Å². The summed E-state index contributed by atoms with van der Waals surface area (Å²) >= 11 is 0. The lowest BCUT2D eigenvalue weighted by molar-refractivity contribution is -0.139. The molecule has 2 heterocycles. The molecule has 1 aromatic carbocycles. The van der Waals surface area contributed by atoms with Crippen molar-refractivity contribution in [3.8, 4) is 5.75 Å². The molecule has 0 saturated carbocycles. The Bertz CT molecular complexity index is 743. The minimum atomic E-state index is -0.448. The van der Waals surface area contributed by atoms with Gasteiger partial charge < -0.3 is 14.5 Å². The molecule has 0 bridgehead atoms. The van der Waals surface area contributed by atoms with Crippen molar-refractivity contribution in [2.75, 3.05) is 31.1 Å². The average Bonchev–Trinajstić information content (AvgIpc) is 2.69. The van der Waals surface area contributed by atoms with Crippen molar-refractivity contribution >= 4 is 11.9 Å². The smallest absolute Gasteiger partial charge is 0.263 e. The van der Waals surface area contributed by atoms with Crippen LogP contribution in [0.3, 0.4) is 0 Å². The van der Waals surface area contributed by atoms with Gasteiger partial charge in [-0.1, -0.05) is 13.0 Å². The van der Waals surface area contributed by atoms with E-state index in [-0.39, 0.29) is 5.91 Å². The molecular weight excluding hydrogens is 328 g/mol. The second kappa shape index (κ2) is 8.17. The van der Waals surface area contributed by atoms with Gasteiger partial charge in [0.25, 0.3) is 5.91 Å². The second-order valence-electron chi connectivity index (χ2n) is 6.62. The van der Waals surface area contributed by atoms with Crippen molar-refractivity contribution in [2.45, 2.75) is 33.3 Å². The van der Waals surface area contributed by atoms with Crippen molar-refractivity contribution in [3.05, 3.63) is 47.8 Å². The van der Waals surface area contributed by atoms with Gasteiger partial charge in [0.2, 0.25) is 5.95 Å². The summed E-state index contributed by atoms with van der Waals surface area (Å²) in [4.78, 5) is 25.4. The molecule has 1 aromatic heterocycles. The Kier molecular flexibility index (Phi) is 5.71. The SMILES string of the molecule is CC[C@@H](Oc1ccc(C)c(C)c1)C(=O)N1CCN(c2ncccn2)CC1. The number of rotatable bonds is 5. The van der Waals surface area contributed by atoms with Gasteiger partial charge >= 0.3 is 0 Å².